The maximum absolute atomic E-state index is 11.0. The van der Waals surface area contributed by atoms with Gasteiger partial charge in [0.25, 0.3) is 0 Å². The fourth-order valence-electron chi connectivity index (χ4n) is 5.99. The number of ether oxygens (including phenoxy) is 4. The maximum atomic E-state index is 11.0. The topological polar surface area (TPSA) is 77.4 Å². The van der Waals surface area contributed by atoms with E-state index >= 15 is 0 Å². The van der Waals surface area contributed by atoms with Crippen molar-refractivity contribution in [2.24, 2.45) is 0 Å². The third-order valence-corrected chi connectivity index (χ3v) is 10.7. The van der Waals surface area contributed by atoms with Crippen molar-refractivity contribution in [2.75, 3.05) is 0 Å². The fourth-order valence-corrected chi connectivity index (χ4v) is 6.99. The summed E-state index contributed by atoms with van der Waals surface area (Å²) in [6.07, 6.45) is 0. The molecule has 0 bridgehead atoms. The van der Waals surface area contributed by atoms with Crippen LogP contribution in [-0.2, 0) is 0 Å². The molecule has 284 valence electrons. The predicted molar refractivity (Wildman–Crippen MR) is 252 cm³/mol. The van der Waals surface area contributed by atoms with E-state index in [1.807, 2.05) is 206 Å². The molecule has 0 amide bonds. The molecular formula is C48H36B2I2O6. The normalized spacial score (nSPS) is 10.4. The first-order valence-electron chi connectivity index (χ1n) is 18.5. The van der Waals surface area contributed by atoms with Gasteiger partial charge in [-0.25, -0.2) is 0 Å². The quantitative estimate of drug-likeness (QED) is 0.0939. The van der Waals surface area contributed by atoms with E-state index in [4.69, 9.17) is 18.9 Å². The van der Waals surface area contributed by atoms with E-state index in [9.17, 15) is 10.0 Å². The van der Waals surface area contributed by atoms with Gasteiger partial charge in [0, 0.05) is 0 Å². The van der Waals surface area contributed by atoms with Crippen LogP contribution in [0.4, 0.5) is 0 Å². The third kappa shape index (κ3) is 10.5. The summed E-state index contributed by atoms with van der Waals surface area (Å²) < 4.78 is 26.7. The van der Waals surface area contributed by atoms with Crippen molar-refractivity contribution < 1.29 is 29.0 Å². The van der Waals surface area contributed by atoms with Crippen LogP contribution < -0.4 is 40.8 Å². The molecule has 0 aliphatic rings. The molecule has 8 aromatic rings. The molecule has 10 heteroatoms. The highest BCUT2D eigenvalue weighted by Crippen LogP contribution is 2.37. The summed E-state index contributed by atoms with van der Waals surface area (Å²) in [5.41, 5.74) is 2.86. The van der Waals surface area contributed by atoms with Crippen molar-refractivity contribution in [2.45, 2.75) is 0 Å². The summed E-state index contributed by atoms with van der Waals surface area (Å²) in [6.45, 7) is -1.67. The molecule has 0 aromatic heterocycles. The minimum atomic E-state index is -0.836. The molecule has 6 nitrogen and oxygen atoms in total. The molecule has 2 N–H and O–H groups in total. The van der Waals surface area contributed by atoms with Crippen LogP contribution in [0.5, 0.6) is 46.0 Å². The van der Waals surface area contributed by atoms with E-state index in [-0.39, 0.29) is 0 Å². The lowest BCUT2D eigenvalue weighted by Gasteiger charge is -2.18. The van der Waals surface area contributed by atoms with Crippen molar-refractivity contribution >= 4 is 80.9 Å². The van der Waals surface area contributed by atoms with Gasteiger partial charge in [0.05, 0.1) is 7.14 Å². The average Bonchev–Trinajstić information content (AvgIpc) is 3.27. The zero-order valence-electron chi connectivity index (χ0n) is 31.1. The van der Waals surface area contributed by atoms with Gasteiger partial charge in [0.2, 0.25) is 0 Å². The predicted octanol–water partition coefficient (Wildman–Crippen LogP) is 9.95. The second-order valence-electron chi connectivity index (χ2n) is 12.9. The molecule has 0 aliphatic carbocycles. The monoisotopic (exact) mass is 984 g/mol. The molecule has 0 atom stereocenters. The lowest BCUT2D eigenvalue weighted by atomic mass is 9.55. The standard InChI is InChI=1S/C30H24B2O4.C18H12I2O2/c33-31(23-13-3-1-4-14-23)25-17-7-9-19-27(25)35-29-21-11-12-22-30(29)36-28-20-10-8-18-26(28)32(34)24-15-5-2-6-16-24;19-13-7-1-3-9-15(13)21-17-11-5-6-12-18(17)22-16-10-4-2-8-14(16)20/h1-22,33-34H;1-12H. The number of halogens is 2. The minimum Gasteiger partial charge on any atom is -0.454 e. The van der Waals surface area contributed by atoms with E-state index in [1.165, 1.54) is 0 Å². The molecule has 0 spiro atoms. The first-order valence-corrected chi connectivity index (χ1v) is 20.6. The SMILES string of the molecule is Ic1ccccc1Oc1ccccc1Oc1ccccc1I.OB(c1ccccc1)c1ccccc1Oc1ccccc1Oc1ccccc1B(O)c1ccccc1. The van der Waals surface area contributed by atoms with Crippen LogP contribution in [0.2, 0.25) is 0 Å². The molecular weight excluding hydrogens is 948 g/mol. The molecule has 0 fully saturated rings. The first-order chi connectivity index (χ1) is 28.4. The summed E-state index contributed by atoms with van der Waals surface area (Å²) in [4.78, 5) is 0. The van der Waals surface area contributed by atoms with Crippen LogP contribution in [0.25, 0.3) is 0 Å². The zero-order chi connectivity index (χ0) is 40.1. The molecule has 8 rings (SSSR count). The Balaban J connectivity index is 0.000000199. The Morgan fingerprint density at radius 3 is 0.845 bits per heavy atom. The lowest BCUT2D eigenvalue weighted by Crippen LogP contribution is -2.42. The summed E-state index contributed by atoms with van der Waals surface area (Å²) in [7, 11) is 0. The number of hydrogen-bond acceptors (Lipinski definition) is 6. The van der Waals surface area contributed by atoms with Crippen LogP contribution in [0, 0.1) is 7.14 Å². The van der Waals surface area contributed by atoms with Crippen molar-refractivity contribution in [3.63, 3.8) is 0 Å². The van der Waals surface area contributed by atoms with Gasteiger partial charge in [-0.1, -0.05) is 146 Å². The minimum absolute atomic E-state index is 0.495. The first kappa shape index (κ1) is 40.7. The highest BCUT2D eigenvalue weighted by atomic mass is 127. The van der Waals surface area contributed by atoms with E-state index in [0.717, 1.165) is 29.6 Å². The molecule has 0 radical (unpaired) electrons. The number of para-hydroxylation sites is 8. The van der Waals surface area contributed by atoms with Crippen LogP contribution >= 0.6 is 45.2 Å². The molecule has 0 heterocycles. The second-order valence-corrected chi connectivity index (χ2v) is 15.2. The van der Waals surface area contributed by atoms with E-state index in [0.29, 0.717) is 45.4 Å². The van der Waals surface area contributed by atoms with Gasteiger partial charge in [-0.05, 0) is 128 Å². The van der Waals surface area contributed by atoms with Gasteiger partial charge < -0.3 is 29.0 Å². The molecule has 8 aromatic carbocycles. The van der Waals surface area contributed by atoms with E-state index < -0.39 is 13.8 Å². The van der Waals surface area contributed by atoms with Crippen LogP contribution in [-0.4, -0.2) is 23.9 Å². The van der Waals surface area contributed by atoms with E-state index in [1.54, 1.807) is 0 Å². The Hall–Kier alpha value is -5.53. The largest absolute Gasteiger partial charge is 0.454 e. The smallest absolute Gasteiger partial charge is 0.362 e. The molecule has 0 saturated carbocycles. The highest BCUT2D eigenvalue weighted by Gasteiger charge is 2.24. The Kier molecular flexibility index (Phi) is 14.2. The van der Waals surface area contributed by atoms with Gasteiger partial charge in [0.15, 0.2) is 23.0 Å². The van der Waals surface area contributed by atoms with Crippen molar-refractivity contribution in [3.8, 4) is 46.0 Å². The summed E-state index contributed by atoms with van der Waals surface area (Å²) >= 11 is 4.52. The summed E-state index contributed by atoms with van der Waals surface area (Å²) in [5.74, 6) is 5.09. The molecule has 0 unspecified atom stereocenters. The Labute approximate surface area is 366 Å². The van der Waals surface area contributed by atoms with Gasteiger partial charge in [-0.2, -0.15) is 0 Å². The number of hydrogen-bond donors (Lipinski definition) is 2. The zero-order valence-corrected chi connectivity index (χ0v) is 35.4. The Bertz CT molecular complexity index is 2380. The average molecular weight is 984 g/mol. The van der Waals surface area contributed by atoms with Crippen molar-refractivity contribution in [1.82, 2.24) is 0 Å². The summed E-state index contributed by atoms with van der Waals surface area (Å²) in [6, 6.07) is 64.7. The van der Waals surface area contributed by atoms with Gasteiger partial charge in [-0.3, -0.25) is 0 Å². The fraction of sp³-hybridized carbons (Fsp3) is 0. The van der Waals surface area contributed by atoms with Crippen LogP contribution in [0.1, 0.15) is 0 Å². The second kappa shape index (κ2) is 20.2. The molecule has 58 heavy (non-hydrogen) atoms. The lowest BCUT2D eigenvalue weighted by molar-refractivity contribution is 0.416. The Morgan fingerprint density at radius 2 is 0.517 bits per heavy atom. The van der Waals surface area contributed by atoms with Gasteiger partial charge in [-0.15, -0.1) is 0 Å². The van der Waals surface area contributed by atoms with Crippen LogP contribution in [0.3, 0.4) is 0 Å². The highest BCUT2D eigenvalue weighted by molar-refractivity contribution is 14.1. The van der Waals surface area contributed by atoms with Gasteiger partial charge >= 0.3 is 13.8 Å². The number of benzene rings is 8. The third-order valence-electron chi connectivity index (χ3n) is 8.91. The van der Waals surface area contributed by atoms with Crippen molar-refractivity contribution in [1.29, 1.82) is 0 Å². The van der Waals surface area contributed by atoms with Crippen molar-refractivity contribution in [3.05, 3.63) is 213 Å². The Morgan fingerprint density at radius 1 is 0.276 bits per heavy atom. The number of rotatable bonds is 12. The molecule has 0 saturated heterocycles. The van der Waals surface area contributed by atoms with Gasteiger partial charge in [0.1, 0.15) is 23.0 Å². The maximum Gasteiger partial charge on any atom is 0.362 e. The van der Waals surface area contributed by atoms with E-state index in [2.05, 4.69) is 45.2 Å². The molecule has 0 aliphatic heterocycles. The van der Waals surface area contributed by atoms with Crippen LogP contribution in [0.15, 0.2) is 206 Å². The summed E-state index contributed by atoms with van der Waals surface area (Å²) in [5, 5.41) is 22.0.